The number of fused-ring (bicyclic) bond motifs is 1. The number of ether oxygens (including phenoxy) is 1. The molecule has 25 heavy (non-hydrogen) atoms. The van der Waals surface area contributed by atoms with E-state index in [4.69, 9.17) is 4.74 Å². The maximum Gasteiger partial charge on any atom is 0.338 e. The molecule has 0 aliphatic carbocycles. The van der Waals surface area contributed by atoms with Crippen LogP contribution in [0.2, 0.25) is 0 Å². The lowest BCUT2D eigenvalue weighted by Gasteiger charge is -2.14. The number of hydrogen-bond donors (Lipinski definition) is 1. The van der Waals surface area contributed by atoms with Crippen molar-refractivity contribution in [2.75, 3.05) is 5.32 Å². The van der Waals surface area contributed by atoms with Crippen LogP contribution >= 0.6 is 0 Å². The summed E-state index contributed by atoms with van der Waals surface area (Å²) in [4.78, 5) is 24.2. The molecule has 1 atom stereocenters. The molecule has 3 aromatic rings. The Bertz CT molecular complexity index is 922. The summed E-state index contributed by atoms with van der Waals surface area (Å²) in [7, 11) is 0. The first-order valence-electron chi connectivity index (χ1n) is 7.79. The summed E-state index contributed by atoms with van der Waals surface area (Å²) in [6.45, 7) is 1.48. The minimum atomic E-state index is -0.982. The van der Waals surface area contributed by atoms with Gasteiger partial charge in [-0.3, -0.25) is 4.79 Å². The lowest BCUT2D eigenvalue weighted by Crippen LogP contribution is -2.30. The van der Waals surface area contributed by atoms with Crippen molar-refractivity contribution >= 4 is 28.3 Å². The number of carbonyl (C=O) groups excluding carboxylic acids is 2. The van der Waals surface area contributed by atoms with Crippen molar-refractivity contribution in [2.24, 2.45) is 0 Å². The normalized spacial score (nSPS) is 11.8. The van der Waals surface area contributed by atoms with Crippen molar-refractivity contribution < 1.29 is 18.7 Å². The summed E-state index contributed by atoms with van der Waals surface area (Å²) in [6.07, 6.45) is -0.982. The molecule has 0 saturated carbocycles. The van der Waals surface area contributed by atoms with Gasteiger partial charge in [0.1, 0.15) is 5.82 Å². The second-order valence-electron chi connectivity index (χ2n) is 5.61. The second-order valence-corrected chi connectivity index (χ2v) is 5.61. The number of esters is 1. The standard InChI is InChI=1S/C20H16FNO3/c1-13(25-20(24)15-6-9-17(21)10-7-15)19(23)22-18-11-8-14-4-2-3-5-16(14)12-18/h2-13H,1H3,(H,22,23)/t13-/m1/s1. The van der Waals surface area contributed by atoms with E-state index < -0.39 is 23.8 Å². The molecule has 5 heteroatoms. The Morgan fingerprint density at radius 2 is 1.64 bits per heavy atom. The molecular weight excluding hydrogens is 321 g/mol. The van der Waals surface area contributed by atoms with Crippen LogP contribution in [0, 0.1) is 5.82 Å². The van der Waals surface area contributed by atoms with E-state index in [2.05, 4.69) is 5.32 Å². The van der Waals surface area contributed by atoms with Crippen LogP contribution in [-0.4, -0.2) is 18.0 Å². The highest BCUT2D eigenvalue weighted by molar-refractivity contribution is 5.98. The molecule has 0 radical (unpaired) electrons. The third kappa shape index (κ3) is 4.01. The predicted octanol–water partition coefficient (Wildman–Crippen LogP) is 4.16. The monoisotopic (exact) mass is 337 g/mol. The maximum atomic E-state index is 12.9. The number of hydrogen-bond acceptors (Lipinski definition) is 3. The number of rotatable bonds is 4. The highest BCUT2D eigenvalue weighted by Gasteiger charge is 2.19. The maximum absolute atomic E-state index is 12.9. The van der Waals surface area contributed by atoms with E-state index in [1.54, 1.807) is 6.07 Å². The second kappa shape index (κ2) is 7.13. The van der Waals surface area contributed by atoms with Crippen molar-refractivity contribution in [3.8, 4) is 0 Å². The molecule has 0 spiro atoms. The van der Waals surface area contributed by atoms with Gasteiger partial charge in [-0.2, -0.15) is 0 Å². The summed E-state index contributed by atoms with van der Waals surface area (Å²) in [5, 5.41) is 4.79. The van der Waals surface area contributed by atoms with Gasteiger partial charge in [-0.15, -0.1) is 0 Å². The Labute approximate surface area is 144 Å². The zero-order chi connectivity index (χ0) is 17.8. The lowest BCUT2D eigenvalue weighted by molar-refractivity contribution is -0.123. The fraction of sp³-hybridized carbons (Fsp3) is 0.100. The molecule has 0 saturated heterocycles. The Morgan fingerprint density at radius 1 is 0.960 bits per heavy atom. The molecule has 3 rings (SSSR count). The van der Waals surface area contributed by atoms with E-state index in [1.807, 2.05) is 36.4 Å². The van der Waals surface area contributed by atoms with Crippen LogP contribution in [0.3, 0.4) is 0 Å². The van der Waals surface area contributed by atoms with Crippen LogP contribution in [0.4, 0.5) is 10.1 Å². The Hall–Kier alpha value is -3.21. The zero-order valence-electron chi connectivity index (χ0n) is 13.5. The number of amides is 1. The Morgan fingerprint density at radius 3 is 2.36 bits per heavy atom. The zero-order valence-corrected chi connectivity index (χ0v) is 13.5. The average Bonchev–Trinajstić information content (AvgIpc) is 2.62. The smallest absolute Gasteiger partial charge is 0.338 e. The fourth-order valence-electron chi connectivity index (χ4n) is 2.38. The Kier molecular flexibility index (Phi) is 4.75. The topological polar surface area (TPSA) is 55.4 Å². The van der Waals surface area contributed by atoms with Crippen LogP contribution in [-0.2, 0) is 9.53 Å². The Balaban J connectivity index is 1.65. The quantitative estimate of drug-likeness (QED) is 0.727. The minimum Gasteiger partial charge on any atom is -0.449 e. The first-order chi connectivity index (χ1) is 12.0. The number of benzene rings is 3. The molecule has 0 aliphatic heterocycles. The average molecular weight is 337 g/mol. The van der Waals surface area contributed by atoms with Gasteiger partial charge in [0.15, 0.2) is 6.10 Å². The van der Waals surface area contributed by atoms with E-state index in [0.717, 1.165) is 22.9 Å². The van der Waals surface area contributed by atoms with E-state index in [9.17, 15) is 14.0 Å². The molecule has 0 fully saturated rings. The molecule has 1 amide bonds. The molecule has 0 bridgehead atoms. The molecule has 0 unspecified atom stereocenters. The molecule has 0 aliphatic rings. The number of carbonyl (C=O) groups is 2. The van der Waals surface area contributed by atoms with Gasteiger partial charge in [0.2, 0.25) is 0 Å². The van der Waals surface area contributed by atoms with Gasteiger partial charge in [0.05, 0.1) is 5.56 Å². The summed E-state index contributed by atoms with van der Waals surface area (Å²) in [6, 6.07) is 18.3. The molecule has 0 aromatic heterocycles. The van der Waals surface area contributed by atoms with Gasteiger partial charge in [-0.25, -0.2) is 9.18 Å². The first-order valence-corrected chi connectivity index (χ1v) is 7.79. The molecule has 1 N–H and O–H groups in total. The number of nitrogens with one attached hydrogen (secondary N) is 1. The van der Waals surface area contributed by atoms with Crippen LogP contribution < -0.4 is 5.32 Å². The number of anilines is 1. The summed E-state index contributed by atoms with van der Waals surface area (Å²) in [5.41, 5.74) is 0.806. The van der Waals surface area contributed by atoms with Crippen molar-refractivity contribution in [1.82, 2.24) is 0 Å². The molecule has 4 nitrogen and oxygen atoms in total. The summed E-state index contributed by atoms with van der Waals surface area (Å²) >= 11 is 0. The van der Waals surface area contributed by atoms with Gasteiger partial charge in [0, 0.05) is 5.69 Å². The van der Waals surface area contributed by atoms with Gasteiger partial charge < -0.3 is 10.1 Å². The highest BCUT2D eigenvalue weighted by Crippen LogP contribution is 2.19. The van der Waals surface area contributed by atoms with Gasteiger partial charge in [-0.05, 0) is 54.1 Å². The van der Waals surface area contributed by atoms with Crippen molar-refractivity contribution in [3.63, 3.8) is 0 Å². The highest BCUT2D eigenvalue weighted by atomic mass is 19.1. The molecule has 0 heterocycles. The van der Waals surface area contributed by atoms with Gasteiger partial charge >= 0.3 is 5.97 Å². The first kappa shape index (κ1) is 16.6. The van der Waals surface area contributed by atoms with E-state index in [0.29, 0.717) is 5.69 Å². The number of halogens is 1. The molecule has 3 aromatic carbocycles. The van der Waals surface area contributed by atoms with E-state index in [-0.39, 0.29) is 5.56 Å². The lowest BCUT2D eigenvalue weighted by atomic mass is 10.1. The van der Waals surface area contributed by atoms with Crippen LogP contribution in [0.1, 0.15) is 17.3 Å². The molecular formula is C20H16FNO3. The van der Waals surface area contributed by atoms with Gasteiger partial charge in [0.25, 0.3) is 5.91 Å². The third-order valence-corrected chi connectivity index (χ3v) is 3.75. The van der Waals surface area contributed by atoms with Crippen LogP contribution in [0.5, 0.6) is 0 Å². The fourth-order valence-corrected chi connectivity index (χ4v) is 2.38. The predicted molar refractivity (Wildman–Crippen MR) is 93.9 cm³/mol. The van der Waals surface area contributed by atoms with Crippen LogP contribution in [0.15, 0.2) is 66.7 Å². The van der Waals surface area contributed by atoms with Crippen molar-refractivity contribution in [3.05, 3.63) is 78.1 Å². The molecule has 126 valence electrons. The summed E-state index contributed by atoms with van der Waals surface area (Å²) in [5.74, 6) is -1.56. The van der Waals surface area contributed by atoms with Gasteiger partial charge in [-0.1, -0.05) is 30.3 Å². The minimum absolute atomic E-state index is 0.187. The summed E-state index contributed by atoms with van der Waals surface area (Å²) < 4.78 is 18.0. The van der Waals surface area contributed by atoms with Crippen molar-refractivity contribution in [1.29, 1.82) is 0 Å². The largest absolute Gasteiger partial charge is 0.449 e. The van der Waals surface area contributed by atoms with E-state index >= 15 is 0 Å². The van der Waals surface area contributed by atoms with Crippen molar-refractivity contribution in [2.45, 2.75) is 13.0 Å². The SMILES string of the molecule is C[C@@H](OC(=O)c1ccc(F)cc1)C(=O)Nc1ccc2ccccc2c1. The van der Waals surface area contributed by atoms with E-state index in [1.165, 1.54) is 19.1 Å². The third-order valence-electron chi connectivity index (χ3n) is 3.75. The van der Waals surface area contributed by atoms with Crippen LogP contribution in [0.25, 0.3) is 10.8 Å².